The molecular weight excluding hydrogens is 246 g/mol. The van der Waals surface area contributed by atoms with Gasteiger partial charge in [-0.2, -0.15) is 0 Å². The van der Waals surface area contributed by atoms with Gasteiger partial charge in [-0.3, -0.25) is 0 Å². The molecule has 0 bridgehead atoms. The van der Waals surface area contributed by atoms with Crippen molar-refractivity contribution >= 4 is 0 Å². The molecule has 1 N–H and O–H groups in total. The first kappa shape index (κ1) is 17.3. The summed E-state index contributed by atoms with van der Waals surface area (Å²) in [6.07, 6.45) is 11.5. The van der Waals surface area contributed by atoms with E-state index in [2.05, 4.69) is 38.2 Å². The Balaban J connectivity index is 2.35. The van der Waals surface area contributed by atoms with Gasteiger partial charge in [-0.05, 0) is 31.5 Å². The summed E-state index contributed by atoms with van der Waals surface area (Å²) in [5.41, 5.74) is 0. The van der Waals surface area contributed by atoms with Gasteiger partial charge in [0.15, 0.2) is 0 Å². The maximum Gasteiger partial charge on any atom is 0.121 e. The van der Waals surface area contributed by atoms with E-state index in [1.165, 1.54) is 51.4 Å². The maximum absolute atomic E-state index is 5.93. The quantitative estimate of drug-likeness (QED) is 0.501. The smallest absolute Gasteiger partial charge is 0.121 e. The van der Waals surface area contributed by atoms with Crippen LogP contribution in [-0.2, 0) is 6.42 Å². The standard InChI is InChI=1S/C18H33NO/c1-4-7-8-9-10-11-12-17(19-15-5-2)18-14-13-16(6-3)20-18/h13-14,17,19H,4-12,15H2,1-3H3. The molecule has 1 aromatic rings. The third kappa shape index (κ3) is 6.60. The van der Waals surface area contributed by atoms with E-state index in [0.29, 0.717) is 6.04 Å². The molecule has 0 aliphatic carbocycles. The topological polar surface area (TPSA) is 25.2 Å². The van der Waals surface area contributed by atoms with Crippen molar-refractivity contribution in [2.24, 2.45) is 0 Å². The van der Waals surface area contributed by atoms with Crippen molar-refractivity contribution in [3.05, 3.63) is 23.7 Å². The molecule has 0 radical (unpaired) electrons. The highest BCUT2D eigenvalue weighted by molar-refractivity contribution is 5.10. The van der Waals surface area contributed by atoms with Crippen LogP contribution in [-0.4, -0.2) is 6.54 Å². The number of hydrogen-bond acceptors (Lipinski definition) is 2. The zero-order chi connectivity index (χ0) is 14.6. The van der Waals surface area contributed by atoms with Crippen LogP contribution in [0.3, 0.4) is 0 Å². The van der Waals surface area contributed by atoms with Crippen molar-refractivity contribution in [1.29, 1.82) is 0 Å². The molecule has 1 aromatic heterocycles. The number of furan rings is 1. The molecule has 0 amide bonds. The summed E-state index contributed by atoms with van der Waals surface area (Å²) in [4.78, 5) is 0. The van der Waals surface area contributed by atoms with Crippen LogP contribution in [0.1, 0.15) is 89.7 Å². The van der Waals surface area contributed by atoms with Crippen LogP contribution < -0.4 is 5.32 Å². The molecule has 0 aliphatic heterocycles. The number of rotatable bonds is 12. The Morgan fingerprint density at radius 2 is 1.70 bits per heavy atom. The number of hydrogen-bond donors (Lipinski definition) is 1. The summed E-state index contributed by atoms with van der Waals surface area (Å²) in [6, 6.07) is 4.68. The molecule has 0 saturated heterocycles. The van der Waals surface area contributed by atoms with Crippen LogP contribution in [0, 0.1) is 0 Å². The molecule has 0 spiro atoms. The summed E-state index contributed by atoms with van der Waals surface area (Å²) in [7, 11) is 0. The summed E-state index contributed by atoms with van der Waals surface area (Å²) in [5.74, 6) is 2.23. The van der Waals surface area contributed by atoms with Crippen molar-refractivity contribution in [3.63, 3.8) is 0 Å². The van der Waals surface area contributed by atoms with E-state index in [1.54, 1.807) is 0 Å². The summed E-state index contributed by atoms with van der Waals surface area (Å²) in [6.45, 7) is 7.70. The third-order valence-corrected chi connectivity index (χ3v) is 3.86. The van der Waals surface area contributed by atoms with E-state index < -0.39 is 0 Å². The Morgan fingerprint density at radius 3 is 2.35 bits per heavy atom. The van der Waals surface area contributed by atoms with Crippen molar-refractivity contribution < 1.29 is 4.42 Å². The van der Waals surface area contributed by atoms with Gasteiger partial charge in [0.05, 0.1) is 6.04 Å². The fourth-order valence-corrected chi connectivity index (χ4v) is 2.56. The highest BCUT2D eigenvalue weighted by atomic mass is 16.3. The van der Waals surface area contributed by atoms with Gasteiger partial charge in [0.25, 0.3) is 0 Å². The van der Waals surface area contributed by atoms with E-state index in [4.69, 9.17) is 4.42 Å². The Hall–Kier alpha value is -0.760. The SMILES string of the molecule is CCCCCCCCC(NCCC)c1ccc(CC)o1. The van der Waals surface area contributed by atoms with Crippen molar-refractivity contribution in [1.82, 2.24) is 5.32 Å². The van der Waals surface area contributed by atoms with Crippen molar-refractivity contribution in [2.75, 3.05) is 6.54 Å². The predicted molar refractivity (Wildman–Crippen MR) is 87.1 cm³/mol. The molecule has 116 valence electrons. The second-order valence-corrected chi connectivity index (χ2v) is 5.72. The number of aryl methyl sites for hydroxylation is 1. The second-order valence-electron chi connectivity index (χ2n) is 5.72. The van der Waals surface area contributed by atoms with Gasteiger partial charge in [-0.25, -0.2) is 0 Å². The van der Waals surface area contributed by atoms with Crippen molar-refractivity contribution in [3.8, 4) is 0 Å². The van der Waals surface area contributed by atoms with Gasteiger partial charge < -0.3 is 9.73 Å². The second kappa shape index (κ2) is 11.0. The Labute approximate surface area is 125 Å². The summed E-state index contributed by atoms with van der Waals surface area (Å²) < 4.78 is 5.93. The van der Waals surface area contributed by atoms with Crippen LogP contribution in [0.5, 0.6) is 0 Å². The highest BCUT2D eigenvalue weighted by Gasteiger charge is 2.14. The monoisotopic (exact) mass is 279 g/mol. The molecule has 2 heteroatoms. The Kier molecular flexibility index (Phi) is 9.48. The first-order chi connectivity index (χ1) is 9.81. The van der Waals surface area contributed by atoms with Gasteiger partial charge in [0.1, 0.15) is 11.5 Å². The van der Waals surface area contributed by atoms with Gasteiger partial charge in [-0.15, -0.1) is 0 Å². The fraction of sp³-hybridized carbons (Fsp3) is 0.778. The molecule has 1 unspecified atom stereocenters. The number of unbranched alkanes of at least 4 members (excludes halogenated alkanes) is 5. The molecule has 0 saturated carbocycles. The molecule has 1 rings (SSSR count). The molecular formula is C18H33NO. The molecule has 2 nitrogen and oxygen atoms in total. The minimum atomic E-state index is 0.404. The lowest BCUT2D eigenvalue weighted by atomic mass is 10.0. The zero-order valence-electron chi connectivity index (χ0n) is 13.7. The largest absolute Gasteiger partial charge is 0.464 e. The first-order valence-electron chi connectivity index (χ1n) is 8.63. The van der Waals surface area contributed by atoms with Crippen molar-refractivity contribution in [2.45, 2.75) is 84.6 Å². The molecule has 1 heterocycles. The zero-order valence-corrected chi connectivity index (χ0v) is 13.7. The Morgan fingerprint density at radius 1 is 0.950 bits per heavy atom. The van der Waals surface area contributed by atoms with Crippen LogP contribution in [0.25, 0.3) is 0 Å². The van der Waals surface area contributed by atoms with Crippen LogP contribution in [0.4, 0.5) is 0 Å². The lowest BCUT2D eigenvalue weighted by Crippen LogP contribution is -2.21. The molecule has 0 fully saturated rings. The molecule has 0 aromatic carbocycles. The number of nitrogens with one attached hydrogen (secondary N) is 1. The van der Waals surface area contributed by atoms with Crippen LogP contribution in [0.2, 0.25) is 0 Å². The van der Waals surface area contributed by atoms with Crippen LogP contribution >= 0.6 is 0 Å². The average Bonchev–Trinajstić information content (AvgIpc) is 2.94. The van der Waals surface area contributed by atoms with Crippen LogP contribution in [0.15, 0.2) is 16.5 Å². The van der Waals surface area contributed by atoms with E-state index >= 15 is 0 Å². The van der Waals surface area contributed by atoms with Gasteiger partial charge >= 0.3 is 0 Å². The van der Waals surface area contributed by atoms with Gasteiger partial charge in [0.2, 0.25) is 0 Å². The Bertz CT molecular complexity index is 332. The minimum absolute atomic E-state index is 0.404. The maximum atomic E-state index is 5.93. The third-order valence-electron chi connectivity index (χ3n) is 3.86. The minimum Gasteiger partial charge on any atom is -0.464 e. The fourth-order valence-electron chi connectivity index (χ4n) is 2.56. The highest BCUT2D eigenvalue weighted by Crippen LogP contribution is 2.23. The molecule has 0 aliphatic rings. The van der Waals surface area contributed by atoms with E-state index in [1.807, 2.05) is 0 Å². The lowest BCUT2D eigenvalue weighted by Gasteiger charge is -2.16. The summed E-state index contributed by atoms with van der Waals surface area (Å²) in [5, 5.41) is 3.63. The van der Waals surface area contributed by atoms with E-state index in [-0.39, 0.29) is 0 Å². The van der Waals surface area contributed by atoms with Gasteiger partial charge in [-0.1, -0.05) is 59.3 Å². The average molecular weight is 279 g/mol. The first-order valence-corrected chi connectivity index (χ1v) is 8.63. The summed E-state index contributed by atoms with van der Waals surface area (Å²) >= 11 is 0. The molecule has 20 heavy (non-hydrogen) atoms. The van der Waals surface area contributed by atoms with E-state index in [9.17, 15) is 0 Å². The predicted octanol–water partition coefficient (Wildman–Crippen LogP) is 5.63. The lowest BCUT2D eigenvalue weighted by molar-refractivity contribution is 0.370. The molecule has 1 atom stereocenters. The van der Waals surface area contributed by atoms with E-state index in [0.717, 1.165) is 24.5 Å². The normalized spacial score (nSPS) is 12.8. The van der Waals surface area contributed by atoms with Gasteiger partial charge in [0, 0.05) is 6.42 Å².